The summed E-state index contributed by atoms with van der Waals surface area (Å²) in [6.07, 6.45) is 4.37. The largest absolute Gasteiger partial charge is 0.447 e. The molecule has 0 aliphatic carbocycles. The van der Waals surface area contributed by atoms with Crippen molar-refractivity contribution in [1.29, 1.82) is 0 Å². The minimum Gasteiger partial charge on any atom is -0.447 e. The highest BCUT2D eigenvalue weighted by molar-refractivity contribution is 6.44. The Balaban J connectivity index is 1.49. The van der Waals surface area contributed by atoms with Crippen molar-refractivity contribution < 1.29 is 9.53 Å². The predicted octanol–water partition coefficient (Wildman–Crippen LogP) is 2.40. The van der Waals surface area contributed by atoms with E-state index in [0.717, 1.165) is 25.3 Å². The van der Waals surface area contributed by atoms with Crippen molar-refractivity contribution in [3.63, 3.8) is 0 Å². The van der Waals surface area contributed by atoms with E-state index in [1.807, 2.05) is 11.0 Å². The molecule has 1 aromatic rings. The van der Waals surface area contributed by atoms with Gasteiger partial charge in [0, 0.05) is 28.8 Å². The monoisotopic (exact) mass is 344 g/mol. The van der Waals surface area contributed by atoms with Crippen LogP contribution in [0.15, 0.2) is 30.3 Å². The third kappa shape index (κ3) is 4.47. The molecule has 1 atom stereocenters. The van der Waals surface area contributed by atoms with E-state index >= 15 is 0 Å². The van der Waals surface area contributed by atoms with Crippen LogP contribution < -0.4 is 0 Å². The average Bonchev–Trinajstić information content (AvgIpc) is 2.95. The molecule has 2 aliphatic heterocycles. The Morgan fingerprint density at radius 1 is 1.25 bits per heavy atom. The first kappa shape index (κ1) is 17.2. The van der Waals surface area contributed by atoms with E-state index in [4.69, 9.17) is 4.74 Å². The molecule has 0 spiro atoms. The molecule has 1 unspecified atom stereocenters. The molecule has 0 aromatic heterocycles. The summed E-state index contributed by atoms with van der Waals surface area (Å²) in [5, 5.41) is 0. The number of cyclic esters (lactones) is 1. The van der Waals surface area contributed by atoms with Gasteiger partial charge in [0.1, 0.15) is 6.61 Å². The molecule has 130 valence electrons. The van der Waals surface area contributed by atoms with E-state index in [1.165, 1.54) is 31.5 Å². The van der Waals surface area contributed by atoms with Crippen LogP contribution in [0.25, 0.3) is 0 Å². The molecule has 0 radical (unpaired) electrons. The fraction of sp³-hybridized carbons (Fsp3) is 0.579. The maximum absolute atomic E-state index is 12.1. The molecule has 2 heterocycles. The highest BCUT2D eigenvalue weighted by Crippen LogP contribution is 2.23. The number of rotatable bonds is 6. The Morgan fingerprint density at radius 2 is 2.00 bits per heavy atom. The third-order valence-corrected chi connectivity index (χ3v) is 5.90. The van der Waals surface area contributed by atoms with E-state index < -0.39 is 0 Å². The van der Waals surface area contributed by atoms with Crippen molar-refractivity contribution in [1.82, 2.24) is 9.80 Å². The second-order valence-corrected chi connectivity index (χ2v) is 7.83. The average molecular weight is 345 g/mol. The molecule has 1 amide bonds. The lowest BCUT2D eigenvalue weighted by Crippen LogP contribution is -2.38. The number of carbonyl (C=O) groups is 1. The first-order valence-corrected chi connectivity index (χ1v) is 10.9. The quantitative estimate of drug-likeness (QED) is 0.743. The second kappa shape index (κ2) is 8.47. The normalized spacial score (nSPS) is 22.4. The van der Waals surface area contributed by atoms with Crippen LogP contribution in [0.1, 0.15) is 24.8 Å². The minimum atomic E-state index is -0.128. The molecular formula is C19H28N2O2Si. The van der Waals surface area contributed by atoms with E-state index in [9.17, 15) is 4.79 Å². The Kier molecular flexibility index (Phi) is 6.07. The summed E-state index contributed by atoms with van der Waals surface area (Å²) in [4.78, 5) is 16.5. The molecule has 2 aliphatic rings. The summed E-state index contributed by atoms with van der Waals surface area (Å²) < 4.78 is 5.32. The number of piperidine rings is 1. The SMILES string of the molecule is C[SiH]=CN1CCC(CCN2C(=O)OCC2Cc2ccccc2)CC1. The summed E-state index contributed by atoms with van der Waals surface area (Å²) in [5.74, 6) is 3.14. The van der Waals surface area contributed by atoms with Crippen LogP contribution in [-0.2, 0) is 11.2 Å². The van der Waals surface area contributed by atoms with Crippen LogP contribution in [0.3, 0.4) is 0 Å². The maximum atomic E-state index is 12.1. The zero-order valence-corrected chi connectivity index (χ0v) is 15.7. The van der Waals surface area contributed by atoms with Crippen molar-refractivity contribution in [3.8, 4) is 0 Å². The fourth-order valence-corrected chi connectivity index (χ4v) is 4.46. The molecule has 3 rings (SSSR count). The van der Waals surface area contributed by atoms with Gasteiger partial charge in [0.15, 0.2) is 0 Å². The number of likely N-dealkylation sites (tertiary alicyclic amines) is 1. The molecule has 0 saturated carbocycles. The van der Waals surface area contributed by atoms with Crippen molar-refractivity contribution in [2.75, 3.05) is 26.2 Å². The predicted molar refractivity (Wildman–Crippen MR) is 100.0 cm³/mol. The molecule has 1 aromatic carbocycles. The van der Waals surface area contributed by atoms with Gasteiger partial charge in [-0.2, -0.15) is 0 Å². The lowest BCUT2D eigenvalue weighted by Gasteiger charge is -2.32. The maximum Gasteiger partial charge on any atom is 0.410 e. The Bertz CT molecular complexity index is 556. The molecule has 0 N–H and O–H groups in total. The number of benzene rings is 1. The van der Waals surface area contributed by atoms with Gasteiger partial charge in [-0.15, -0.1) is 0 Å². The topological polar surface area (TPSA) is 32.8 Å². The van der Waals surface area contributed by atoms with Crippen LogP contribution in [0.5, 0.6) is 0 Å². The van der Waals surface area contributed by atoms with Crippen LogP contribution in [0.2, 0.25) is 6.55 Å². The smallest absolute Gasteiger partial charge is 0.410 e. The van der Waals surface area contributed by atoms with Gasteiger partial charge in [-0.3, -0.25) is 0 Å². The van der Waals surface area contributed by atoms with E-state index in [1.54, 1.807) is 0 Å². The van der Waals surface area contributed by atoms with E-state index in [2.05, 4.69) is 41.5 Å². The summed E-state index contributed by atoms with van der Waals surface area (Å²) in [7, 11) is 0.457. The summed E-state index contributed by atoms with van der Waals surface area (Å²) in [5.41, 5.74) is 1.27. The van der Waals surface area contributed by atoms with Gasteiger partial charge in [-0.05, 0) is 43.0 Å². The summed E-state index contributed by atoms with van der Waals surface area (Å²) in [6.45, 7) is 6.01. The Labute approximate surface area is 147 Å². The lowest BCUT2D eigenvalue weighted by molar-refractivity contribution is 0.153. The van der Waals surface area contributed by atoms with Crippen LogP contribution in [0, 0.1) is 5.92 Å². The first-order valence-electron chi connectivity index (χ1n) is 9.10. The standard InChI is InChI=1S/C19H28N2O2Si/c1-24-15-20-10-7-16(8-11-20)9-12-21-18(14-23-19(21)22)13-17-5-3-2-4-6-17/h2-6,15-16,18,24H,7-14H2,1H3. The molecule has 2 saturated heterocycles. The molecular weight excluding hydrogens is 316 g/mol. The zero-order valence-electron chi connectivity index (χ0n) is 14.6. The Hall–Kier alpha value is -1.62. The van der Waals surface area contributed by atoms with Crippen LogP contribution in [-0.4, -0.2) is 63.1 Å². The van der Waals surface area contributed by atoms with Gasteiger partial charge >= 0.3 is 6.09 Å². The van der Waals surface area contributed by atoms with Gasteiger partial charge in [0.05, 0.1) is 6.04 Å². The van der Waals surface area contributed by atoms with Gasteiger partial charge in [0.2, 0.25) is 0 Å². The van der Waals surface area contributed by atoms with Crippen molar-refractivity contribution in [2.45, 2.75) is 38.3 Å². The lowest BCUT2D eigenvalue weighted by atomic mass is 9.93. The second-order valence-electron chi connectivity index (χ2n) is 6.86. The molecule has 0 bridgehead atoms. The van der Waals surface area contributed by atoms with Crippen molar-refractivity contribution in [3.05, 3.63) is 35.9 Å². The molecule has 5 heteroatoms. The van der Waals surface area contributed by atoms with Crippen LogP contribution >= 0.6 is 0 Å². The Morgan fingerprint density at radius 3 is 2.71 bits per heavy atom. The van der Waals surface area contributed by atoms with Gasteiger partial charge < -0.3 is 14.5 Å². The molecule has 24 heavy (non-hydrogen) atoms. The first-order chi connectivity index (χ1) is 11.8. The van der Waals surface area contributed by atoms with Gasteiger partial charge in [-0.25, -0.2) is 4.79 Å². The minimum absolute atomic E-state index is 0.128. The highest BCUT2D eigenvalue weighted by atomic mass is 28.2. The van der Waals surface area contributed by atoms with E-state index in [0.29, 0.717) is 15.7 Å². The van der Waals surface area contributed by atoms with Crippen molar-refractivity contribution in [2.24, 2.45) is 5.92 Å². The van der Waals surface area contributed by atoms with Gasteiger partial charge in [0.25, 0.3) is 0 Å². The zero-order chi connectivity index (χ0) is 16.8. The van der Waals surface area contributed by atoms with Crippen LogP contribution in [0.4, 0.5) is 4.79 Å². The fourth-order valence-electron chi connectivity index (χ4n) is 3.74. The summed E-state index contributed by atoms with van der Waals surface area (Å²) >= 11 is 0. The number of nitrogens with zero attached hydrogens (tertiary/aromatic N) is 2. The number of ether oxygens (including phenoxy) is 1. The molecule has 4 nitrogen and oxygen atoms in total. The molecule has 2 fully saturated rings. The third-order valence-electron chi connectivity index (χ3n) is 5.18. The number of hydrogen-bond donors (Lipinski definition) is 0. The van der Waals surface area contributed by atoms with Gasteiger partial charge in [-0.1, -0.05) is 36.9 Å². The highest BCUT2D eigenvalue weighted by Gasteiger charge is 2.33. The number of carbonyl (C=O) groups excluding carboxylic acids is 1. The number of amides is 1. The number of hydrogen-bond acceptors (Lipinski definition) is 3. The summed E-state index contributed by atoms with van der Waals surface area (Å²) in [6, 6.07) is 10.6. The van der Waals surface area contributed by atoms with E-state index in [-0.39, 0.29) is 12.1 Å². The van der Waals surface area contributed by atoms with Crippen molar-refractivity contribution >= 4 is 21.0 Å².